The molecule has 0 saturated heterocycles. The molecular formula is C20H21N5OS. The molecule has 1 N–H and O–H groups in total. The summed E-state index contributed by atoms with van der Waals surface area (Å²) in [4.78, 5) is 14.3. The van der Waals surface area contributed by atoms with Crippen molar-refractivity contribution in [2.75, 3.05) is 25.1 Å². The van der Waals surface area contributed by atoms with Crippen LogP contribution in [0.3, 0.4) is 0 Å². The maximum absolute atomic E-state index is 9.39. The van der Waals surface area contributed by atoms with Crippen molar-refractivity contribution in [1.82, 2.24) is 19.6 Å². The Balaban J connectivity index is 1.82. The highest BCUT2D eigenvalue weighted by molar-refractivity contribution is 7.19. The Hall–Kier alpha value is -2.51. The lowest BCUT2D eigenvalue weighted by Gasteiger charge is -2.17. The van der Waals surface area contributed by atoms with Crippen LogP contribution in [0.1, 0.15) is 23.3 Å². The number of aliphatic hydroxyl groups excluding tert-OH is 1. The van der Waals surface area contributed by atoms with E-state index in [1.807, 2.05) is 46.8 Å². The van der Waals surface area contributed by atoms with Crippen LogP contribution in [0.25, 0.3) is 27.3 Å². The molecule has 0 fully saturated rings. The summed E-state index contributed by atoms with van der Waals surface area (Å²) in [5, 5.41) is 15.3. The molecule has 1 aliphatic carbocycles. The number of fused-ring (bicyclic) bond motifs is 5. The number of aryl methyl sites for hydroxylation is 2. The van der Waals surface area contributed by atoms with Crippen molar-refractivity contribution in [2.24, 2.45) is 0 Å². The van der Waals surface area contributed by atoms with Gasteiger partial charge in [-0.3, -0.25) is 0 Å². The molecule has 5 rings (SSSR count). The number of hydrogen-bond donors (Lipinski definition) is 1. The number of aromatic nitrogens is 4. The van der Waals surface area contributed by atoms with Gasteiger partial charge in [-0.25, -0.2) is 9.97 Å². The second-order valence-corrected chi connectivity index (χ2v) is 8.07. The average molecular weight is 379 g/mol. The number of rotatable bonds is 4. The Bertz CT molecular complexity index is 1120. The molecule has 3 aromatic heterocycles. The zero-order valence-electron chi connectivity index (χ0n) is 15.2. The molecule has 0 unspecified atom stereocenters. The fourth-order valence-corrected chi connectivity index (χ4v) is 5.07. The SMILES string of the molecule is CN(CCO)c1nc2sc3c(c2c2nc(-c4ccccc4)nn12)CCCC3. The van der Waals surface area contributed by atoms with Gasteiger partial charge in [0.05, 0.1) is 12.0 Å². The first-order valence-corrected chi connectivity index (χ1v) is 10.2. The molecular weight excluding hydrogens is 358 g/mol. The Morgan fingerprint density at radius 2 is 1.96 bits per heavy atom. The second kappa shape index (κ2) is 6.58. The summed E-state index contributed by atoms with van der Waals surface area (Å²) in [5.41, 5.74) is 3.27. The Kier molecular flexibility index (Phi) is 4.06. The summed E-state index contributed by atoms with van der Waals surface area (Å²) in [5.74, 6) is 1.43. The fourth-order valence-electron chi connectivity index (χ4n) is 3.82. The Labute approximate surface area is 161 Å². The second-order valence-electron chi connectivity index (χ2n) is 6.98. The van der Waals surface area contributed by atoms with Gasteiger partial charge in [0.2, 0.25) is 5.95 Å². The molecule has 4 aromatic rings. The lowest BCUT2D eigenvalue weighted by molar-refractivity contribution is 0.303. The topological polar surface area (TPSA) is 66.5 Å². The molecule has 138 valence electrons. The zero-order chi connectivity index (χ0) is 18.4. The summed E-state index contributed by atoms with van der Waals surface area (Å²) in [7, 11) is 1.93. The fraction of sp³-hybridized carbons (Fsp3) is 0.350. The smallest absolute Gasteiger partial charge is 0.229 e. The van der Waals surface area contributed by atoms with Crippen molar-refractivity contribution in [3.8, 4) is 11.4 Å². The van der Waals surface area contributed by atoms with Crippen molar-refractivity contribution >= 4 is 33.1 Å². The summed E-state index contributed by atoms with van der Waals surface area (Å²) in [6, 6.07) is 10.0. The lowest BCUT2D eigenvalue weighted by Crippen LogP contribution is -2.25. The minimum atomic E-state index is 0.0683. The van der Waals surface area contributed by atoms with Crippen molar-refractivity contribution in [3.05, 3.63) is 40.8 Å². The molecule has 0 bridgehead atoms. The molecule has 0 atom stereocenters. The van der Waals surface area contributed by atoms with Gasteiger partial charge < -0.3 is 10.0 Å². The van der Waals surface area contributed by atoms with Gasteiger partial charge in [0, 0.05) is 24.0 Å². The van der Waals surface area contributed by atoms with E-state index in [9.17, 15) is 5.11 Å². The molecule has 7 heteroatoms. The highest BCUT2D eigenvalue weighted by Gasteiger charge is 2.24. The molecule has 27 heavy (non-hydrogen) atoms. The monoisotopic (exact) mass is 379 g/mol. The summed E-state index contributed by atoms with van der Waals surface area (Å²) in [6.45, 7) is 0.568. The standard InChI is InChI=1S/C20H21N5OS/c1-24(11-12-26)20-22-19-16(14-9-5-6-10-15(14)27-19)18-21-17(23-25(18)20)13-7-3-2-4-8-13/h2-4,7-8,26H,5-6,9-12H2,1H3. The first-order valence-electron chi connectivity index (χ1n) is 9.34. The van der Waals surface area contributed by atoms with Crippen molar-refractivity contribution in [1.29, 1.82) is 0 Å². The maximum Gasteiger partial charge on any atom is 0.229 e. The number of nitrogens with zero attached hydrogens (tertiary/aromatic N) is 5. The van der Waals surface area contributed by atoms with E-state index in [1.165, 1.54) is 23.3 Å². The van der Waals surface area contributed by atoms with Crippen LogP contribution in [0.2, 0.25) is 0 Å². The number of hydrogen-bond acceptors (Lipinski definition) is 6. The van der Waals surface area contributed by atoms with Gasteiger partial charge in [-0.2, -0.15) is 4.52 Å². The van der Waals surface area contributed by atoms with Crippen LogP contribution < -0.4 is 4.90 Å². The summed E-state index contributed by atoms with van der Waals surface area (Å²) in [6.07, 6.45) is 4.68. The van der Waals surface area contributed by atoms with E-state index in [1.54, 1.807) is 11.3 Å². The van der Waals surface area contributed by atoms with Gasteiger partial charge >= 0.3 is 0 Å². The van der Waals surface area contributed by atoms with E-state index in [2.05, 4.69) is 0 Å². The van der Waals surface area contributed by atoms with Crippen LogP contribution in [-0.4, -0.2) is 44.9 Å². The number of benzene rings is 1. The molecule has 1 aliphatic rings. The number of aliphatic hydroxyl groups is 1. The molecule has 0 saturated carbocycles. The predicted octanol–water partition coefficient (Wildman–Crippen LogP) is 3.31. The number of likely N-dealkylation sites (N-methyl/N-ethyl adjacent to an activating group) is 1. The Morgan fingerprint density at radius 1 is 1.15 bits per heavy atom. The zero-order valence-corrected chi connectivity index (χ0v) is 16.0. The third-order valence-corrected chi connectivity index (χ3v) is 6.37. The van der Waals surface area contributed by atoms with E-state index in [0.717, 1.165) is 40.2 Å². The van der Waals surface area contributed by atoms with E-state index in [0.29, 0.717) is 12.4 Å². The normalized spacial score (nSPS) is 14.0. The molecule has 0 aliphatic heterocycles. The van der Waals surface area contributed by atoms with Crippen LogP contribution in [0.15, 0.2) is 30.3 Å². The Morgan fingerprint density at radius 3 is 2.78 bits per heavy atom. The van der Waals surface area contributed by atoms with Gasteiger partial charge in [-0.1, -0.05) is 30.3 Å². The van der Waals surface area contributed by atoms with E-state index < -0.39 is 0 Å². The van der Waals surface area contributed by atoms with Crippen LogP contribution in [0.4, 0.5) is 5.95 Å². The molecule has 1 aromatic carbocycles. The lowest BCUT2D eigenvalue weighted by atomic mass is 9.97. The summed E-state index contributed by atoms with van der Waals surface area (Å²) >= 11 is 1.79. The van der Waals surface area contributed by atoms with Gasteiger partial charge in [-0.15, -0.1) is 16.4 Å². The van der Waals surface area contributed by atoms with E-state index >= 15 is 0 Å². The first kappa shape index (κ1) is 16.6. The first-order chi connectivity index (χ1) is 13.3. The molecule has 0 spiro atoms. The number of anilines is 1. The van der Waals surface area contributed by atoms with Gasteiger partial charge in [0.25, 0.3) is 0 Å². The molecule has 0 radical (unpaired) electrons. The van der Waals surface area contributed by atoms with Crippen molar-refractivity contribution in [3.63, 3.8) is 0 Å². The third kappa shape index (κ3) is 2.69. The van der Waals surface area contributed by atoms with Gasteiger partial charge in [0.15, 0.2) is 11.5 Å². The predicted molar refractivity (Wildman–Crippen MR) is 109 cm³/mol. The third-order valence-electron chi connectivity index (χ3n) is 5.18. The van der Waals surface area contributed by atoms with E-state index in [4.69, 9.17) is 15.1 Å². The maximum atomic E-state index is 9.39. The largest absolute Gasteiger partial charge is 0.395 e. The summed E-state index contributed by atoms with van der Waals surface area (Å²) < 4.78 is 1.85. The molecule has 0 amide bonds. The minimum absolute atomic E-state index is 0.0683. The van der Waals surface area contributed by atoms with Crippen molar-refractivity contribution < 1.29 is 5.11 Å². The highest BCUT2D eigenvalue weighted by Crippen LogP contribution is 2.38. The quantitative estimate of drug-likeness (QED) is 0.589. The van der Waals surface area contributed by atoms with Crippen molar-refractivity contribution in [2.45, 2.75) is 25.7 Å². The average Bonchev–Trinajstić information content (AvgIpc) is 3.29. The number of thiophene rings is 1. The van der Waals surface area contributed by atoms with Gasteiger partial charge in [-0.05, 0) is 31.2 Å². The minimum Gasteiger partial charge on any atom is -0.395 e. The van der Waals surface area contributed by atoms with Crippen LogP contribution in [0, 0.1) is 0 Å². The molecule has 3 heterocycles. The van der Waals surface area contributed by atoms with Crippen LogP contribution in [-0.2, 0) is 12.8 Å². The van der Waals surface area contributed by atoms with E-state index in [-0.39, 0.29) is 6.61 Å². The van der Waals surface area contributed by atoms with Crippen LogP contribution in [0.5, 0.6) is 0 Å². The highest BCUT2D eigenvalue weighted by atomic mass is 32.1. The molecule has 6 nitrogen and oxygen atoms in total. The van der Waals surface area contributed by atoms with Gasteiger partial charge in [0.1, 0.15) is 4.83 Å². The van der Waals surface area contributed by atoms with Crippen LogP contribution >= 0.6 is 11.3 Å².